The van der Waals surface area contributed by atoms with E-state index in [0.29, 0.717) is 5.75 Å². The fourth-order valence-electron chi connectivity index (χ4n) is 2.12. The number of hydrogen-bond donors (Lipinski definition) is 1. The van der Waals surface area contributed by atoms with Gasteiger partial charge < -0.3 is 14.6 Å². The molecule has 1 N–H and O–H groups in total. The average molecular weight is 222 g/mol. The lowest BCUT2D eigenvalue weighted by molar-refractivity contribution is -0.256. The Balaban J connectivity index is 2.29. The van der Waals surface area contributed by atoms with Gasteiger partial charge in [-0.15, -0.1) is 0 Å². The highest BCUT2D eigenvalue weighted by molar-refractivity contribution is 5.34. The maximum atomic E-state index is 9.83. The Labute approximate surface area is 96.0 Å². The topological polar surface area (TPSA) is 38.7 Å². The average Bonchev–Trinajstić information content (AvgIpc) is 2.24. The largest absolute Gasteiger partial charge is 0.508 e. The van der Waals surface area contributed by atoms with E-state index in [1.165, 1.54) is 0 Å². The Morgan fingerprint density at radius 1 is 1.06 bits per heavy atom. The predicted octanol–water partition coefficient (Wildman–Crippen LogP) is 2.85. The first-order valence-electron chi connectivity index (χ1n) is 5.68. The van der Waals surface area contributed by atoms with Crippen molar-refractivity contribution in [2.45, 2.75) is 39.3 Å². The van der Waals surface area contributed by atoms with Gasteiger partial charge in [-0.25, -0.2) is 0 Å². The summed E-state index contributed by atoms with van der Waals surface area (Å²) in [5.74, 6) is 0.519. The summed E-state index contributed by atoms with van der Waals surface area (Å²) in [7, 11) is 0. The quantitative estimate of drug-likeness (QED) is 0.794. The van der Waals surface area contributed by atoms with E-state index in [4.69, 9.17) is 9.47 Å². The van der Waals surface area contributed by atoms with Crippen molar-refractivity contribution >= 4 is 0 Å². The Hall–Kier alpha value is -1.06. The molecule has 1 aliphatic heterocycles. The van der Waals surface area contributed by atoms with Crippen LogP contribution in [0.15, 0.2) is 24.3 Å². The van der Waals surface area contributed by atoms with E-state index in [0.717, 1.165) is 5.56 Å². The monoisotopic (exact) mass is 222 g/mol. The van der Waals surface area contributed by atoms with Crippen LogP contribution in [0.3, 0.4) is 0 Å². The highest BCUT2D eigenvalue weighted by atomic mass is 16.7. The number of ether oxygens (including phenoxy) is 2. The third-order valence-electron chi connectivity index (χ3n) is 3.21. The number of benzene rings is 1. The molecule has 1 aliphatic rings. The Morgan fingerprint density at radius 2 is 1.75 bits per heavy atom. The molecule has 0 spiro atoms. The second-order valence-corrected chi connectivity index (χ2v) is 4.38. The van der Waals surface area contributed by atoms with Crippen LogP contribution in [0.5, 0.6) is 5.75 Å². The molecule has 3 heteroatoms. The molecule has 2 rings (SSSR count). The van der Waals surface area contributed by atoms with E-state index in [1.807, 2.05) is 32.0 Å². The second kappa shape index (κ2) is 4.44. The molecule has 1 aromatic rings. The molecule has 3 nitrogen and oxygen atoms in total. The summed E-state index contributed by atoms with van der Waals surface area (Å²) in [5.41, 5.74) is 0.844. The Morgan fingerprint density at radius 3 is 2.44 bits per heavy atom. The minimum Gasteiger partial charge on any atom is -0.508 e. The minimum atomic E-state index is -0.226. The van der Waals surface area contributed by atoms with Gasteiger partial charge in [0.15, 0.2) is 6.29 Å². The molecule has 0 aromatic heterocycles. The molecule has 1 saturated heterocycles. The minimum absolute atomic E-state index is 0.0973. The van der Waals surface area contributed by atoms with Crippen LogP contribution in [0.4, 0.5) is 0 Å². The van der Waals surface area contributed by atoms with E-state index in [2.05, 4.69) is 6.92 Å². The zero-order chi connectivity index (χ0) is 11.7. The molecule has 0 bridgehead atoms. The standard InChI is InChI=1S/C13H18O3/c1-8-9(2)15-10(3)16-13(8)11-6-4-5-7-12(11)14/h4-10,13-14H,1-3H3. The molecule has 16 heavy (non-hydrogen) atoms. The first-order valence-corrected chi connectivity index (χ1v) is 5.68. The van der Waals surface area contributed by atoms with Crippen molar-refractivity contribution in [3.63, 3.8) is 0 Å². The molecule has 1 fully saturated rings. The number of aromatic hydroxyl groups is 1. The molecule has 0 aliphatic carbocycles. The van der Waals surface area contributed by atoms with Gasteiger partial charge in [0.05, 0.1) is 12.2 Å². The molecule has 4 unspecified atom stereocenters. The van der Waals surface area contributed by atoms with Gasteiger partial charge in [-0.2, -0.15) is 0 Å². The Kier molecular flexibility index (Phi) is 3.17. The van der Waals surface area contributed by atoms with Crippen molar-refractivity contribution in [2.75, 3.05) is 0 Å². The lowest BCUT2D eigenvalue weighted by Gasteiger charge is -2.38. The van der Waals surface area contributed by atoms with E-state index < -0.39 is 0 Å². The SMILES string of the molecule is CC1OC(C)C(C)C(c2ccccc2O)O1. The lowest BCUT2D eigenvalue weighted by atomic mass is 9.91. The number of rotatable bonds is 1. The van der Waals surface area contributed by atoms with E-state index in [1.54, 1.807) is 6.07 Å². The molecular formula is C13H18O3. The van der Waals surface area contributed by atoms with Gasteiger partial charge in [0.25, 0.3) is 0 Å². The van der Waals surface area contributed by atoms with Crippen molar-refractivity contribution in [1.82, 2.24) is 0 Å². The predicted molar refractivity (Wildman–Crippen MR) is 61.1 cm³/mol. The van der Waals surface area contributed by atoms with Gasteiger partial charge in [0.2, 0.25) is 0 Å². The summed E-state index contributed by atoms with van der Waals surface area (Å²) in [6.07, 6.45) is -0.191. The van der Waals surface area contributed by atoms with Crippen LogP contribution in [0.2, 0.25) is 0 Å². The zero-order valence-corrected chi connectivity index (χ0v) is 9.88. The van der Waals surface area contributed by atoms with Crippen molar-refractivity contribution < 1.29 is 14.6 Å². The summed E-state index contributed by atoms with van der Waals surface area (Å²) in [4.78, 5) is 0. The fourth-order valence-corrected chi connectivity index (χ4v) is 2.12. The summed E-state index contributed by atoms with van der Waals surface area (Å²) in [6.45, 7) is 6.00. The molecular weight excluding hydrogens is 204 g/mol. The summed E-state index contributed by atoms with van der Waals surface area (Å²) < 4.78 is 11.3. The van der Waals surface area contributed by atoms with Crippen LogP contribution >= 0.6 is 0 Å². The highest BCUT2D eigenvalue weighted by Crippen LogP contribution is 2.38. The van der Waals surface area contributed by atoms with Gasteiger partial charge >= 0.3 is 0 Å². The number of phenolic OH excluding ortho intramolecular Hbond substituents is 1. The summed E-state index contributed by atoms with van der Waals surface area (Å²) in [6, 6.07) is 7.32. The lowest BCUT2D eigenvalue weighted by Crippen LogP contribution is -2.37. The fraction of sp³-hybridized carbons (Fsp3) is 0.538. The van der Waals surface area contributed by atoms with Gasteiger partial charge in [-0.05, 0) is 19.9 Å². The van der Waals surface area contributed by atoms with Crippen LogP contribution in [-0.4, -0.2) is 17.5 Å². The first-order chi connectivity index (χ1) is 7.59. The Bertz CT molecular complexity index is 364. The van der Waals surface area contributed by atoms with Crippen molar-refractivity contribution in [3.05, 3.63) is 29.8 Å². The van der Waals surface area contributed by atoms with Gasteiger partial charge in [0.1, 0.15) is 5.75 Å². The van der Waals surface area contributed by atoms with Crippen LogP contribution in [0.1, 0.15) is 32.4 Å². The normalized spacial score (nSPS) is 34.9. The van der Waals surface area contributed by atoms with Crippen molar-refractivity contribution in [3.8, 4) is 5.75 Å². The van der Waals surface area contributed by atoms with Gasteiger partial charge in [0, 0.05) is 11.5 Å². The molecule has 0 saturated carbocycles. The molecule has 88 valence electrons. The maximum absolute atomic E-state index is 9.83. The smallest absolute Gasteiger partial charge is 0.156 e. The van der Waals surface area contributed by atoms with Crippen molar-refractivity contribution in [1.29, 1.82) is 0 Å². The molecule has 1 heterocycles. The third-order valence-corrected chi connectivity index (χ3v) is 3.21. The second-order valence-electron chi connectivity index (χ2n) is 4.38. The van der Waals surface area contributed by atoms with E-state index >= 15 is 0 Å². The summed E-state index contributed by atoms with van der Waals surface area (Å²) >= 11 is 0. The van der Waals surface area contributed by atoms with E-state index in [-0.39, 0.29) is 24.4 Å². The molecule has 0 amide bonds. The molecule has 0 radical (unpaired) electrons. The molecule has 4 atom stereocenters. The number of hydrogen-bond acceptors (Lipinski definition) is 3. The maximum Gasteiger partial charge on any atom is 0.156 e. The van der Waals surface area contributed by atoms with Crippen LogP contribution in [0, 0.1) is 5.92 Å². The van der Waals surface area contributed by atoms with Gasteiger partial charge in [-0.1, -0.05) is 25.1 Å². The number of para-hydroxylation sites is 1. The van der Waals surface area contributed by atoms with E-state index in [9.17, 15) is 5.11 Å². The van der Waals surface area contributed by atoms with Crippen LogP contribution < -0.4 is 0 Å². The van der Waals surface area contributed by atoms with Crippen LogP contribution in [0.25, 0.3) is 0 Å². The van der Waals surface area contributed by atoms with Gasteiger partial charge in [-0.3, -0.25) is 0 Å². The molecule has 1 aromatic carbocycles. The summed E-state index contributed by atoms with van der Waals surface area (Å²) in [5, 5.41) is 9.83. The zero-order valence-electron chi connectivity index (χ0n) is 9.88. The van der Waals surface area contributed by atoms with Crippen molar-refractivity contribution in [2.24, 2.45) is 5.92 Å². The number of phenols is 1. The first kappa shape index (κ1) is 11.4. The third kappa shape index (κ3) is 2.06. The van der Waals surface area contributed by atoms with Crippen LogP contribution in [-0.2, 0) is 9.47 Å². The highest BCUT2D eigenvalue weighted by Gasteiger charge is 2.34.